The van der Waals surface area contributed by atoms with Crippen LogP contribution < -0.4 is 0 Å². The molecule has 26 heavy (non-hydrogen) atoms. The third kappa shape index (κ3) is 3.34. The molecule has 6 nitrogen and oxygen atoms in total. The topological polar surface area (TPSA) is 93.2 Å². The Morgan fingerprint density at radius 2 is 2.19 bits per heavy atom. The molecule has 0 unspecified atom stereocenters. The summed E-state index contributed by atoms with van der Waals surface area (Å²) in [7, 11) is 0. The van der Waals surface area contributed by atoms with E-state index in [0.717, 1.165) is 0 Å². The summed E-state index contributed by atoms with van der Waals surface area (Å²) in [6.45, 7) is 2.77. The molecule has 0 spiro atoms. The highest BCUT2D eigenvalue weighted by Gasteiger charge is 2.26. The van der Waals surface area contributed by atoms with Crippen LogP contribution in [0.3, 0.4) is 0 Å². The number of Topliss-reactive ketones (excluding diaryl/α,β-unsaturated/α-hetero) is 1. The van der Waals surface area contributed by atoms with E-state index in [0.29, 0.717) is 27.2 Å². The summed E-state index contributed by atoms with van der Waals surface area (Å²) in [5, 5.41) is 11.8. The van der Waals surface area contributed by atoms with E-state index in [2.05, 4.69) is 4.98 Å². The number of halogens is 1. The first-order valence-corrected chi connectivity index (χ1v) is 8.48. The zero-order valence-corrected chi connectivity index (χ0v) is 14.7. The van der Waals surface area contributed by atoms with Crippen LogP contribution >= 0.6 is 11.3 Å². The normalized spacial score (nSPS) is 11.9. The SMILES string of the molecule is Cc1csc([C@H](C#N)C(=O)COC(=O)c2oc3ccc(F)cc3c2C)n1. The van der Waals surface area contributed by atoms with Gasteiger partial charge in [0, 0.05) is 22.0 Å². The third-order valence-corrected chi connectivity index (χ3v) is 4.79. The standard InChI is InChI=1S/C18H13FN2O4S/c1-9-8-26-17(21-9)13(6-20)14(22)7-24-18(23)16-10(2)12-5-11(19)3-4-15(12)25-16/h3-5,8,13H,7H2,1-2H3/t13-/m1/s1. The fraction of sp³-hybridized carbons (Fsp3) is 0.222. The predicted molar refractivity (Wildman–Crippen MR) is 91.4 cm³/mol. The zero-order chi connectivity index (χ0) is 18.8. The molecule has 0 aliphatic heterocycles. The summed E-state index contributed by atoms with van der Waals surface area (Å²) in [5.74, 6) is -3.06. The van der Waals surface area contributed by atoms with E-state index in [1.165, 1.54) is 29.5 Å². The molecule has 0 saturated carbocycles. The second-order valence-electron chi connectivity index (χ2n) is 5.63. The Balaban J connectivity index is 1.73. The number of esters is 1. The number of hydrogen-bond donors (Lipinski definition) is 0. The van der Waals surface area contributed by atoms with Gasteiger partial charge in [0.25, 0.3) is 0 Å². The monoisotopic (exact) mass is 372 g/mol. The van der Waals surface area contributed by atoms with Crippen LogP contribution in [0.5, 0.6) is 0 Å². The Labute approximate surface area is 151 Å². The van der Waals surface area contributed by atoms with Gasteiger partial charge in [-0.3, -0.25) is 4.79 Å². The Morgan fingerprint density at radius 1 is 1.42 bits per heavy atom. The van der Waals surface area contributed by atoms with Crippen LogP contribution in [0.2, 0.25) is 0 Å². The second-order valence-corrected chi connectivity index (χ2v) is 6.52. The van der Waals surface area contributed by atoms with Crippen molar-refractivity contribution in [2.24, 2.45) is 0 Å². The number of carbonyl (C=O) groups is 2. The van der Waals surface area contributed by atoms with Crippen molar-refractivity contribution >= 4 is 34.1 Å². The van der Waals surface area contributed by atoms with E-state index in [1.54, 1.807) is 19.2 Å². The molecule has 0 radical (unpaired) electrons. The summed E-state index contributed by atoms with van der Waals surface area (Å²) >= 11 is 1.20. The number of furan rings is 1. The van der Waals surface area contributed by atoms with Crippen LogP contribution in [0.1, 0.15) is 32.7 Å². The first kappa shape index (κ1) is 17.8. The van der Waals surface area contributed by atoms with E-state index in [4.69, 9.17) is 9.15 Å². The van der Waals surface area contributed by atoms with Gasteiger partial charge in [-0.2, -0.15) is 5.26 Å². The van der Waals surface area contributed by atoms with Crippen LogP contribution in [0, 0.1) is 31.0 Å². The van der Waals surface area contributed by atoms with Gasteiger partial charge in [-0.05, 0) is 32.0 Å². The summed E-state index contributed by atoms with van der Waals surface area (Å²) in [6.07, 6.45) is 0. The number of aryl methyl sites for hydroxylation is 2. The number of nitriles is 1. The number of ketones is 1. The number of aromatic nitrogens is 1. The van der Waals surface area contributed by atoms with Crippen LogP contribution in [0.25, 0.3) is 11.0 Å². The van der Waals surface area contributed by atoms with Crippen molar-refractivity contribution in [1.29, 1.82) is 5.26 Å². The highest BCUT2D eigenvalue weighted by Crippen LogP contribution is 2.27. The summed E-state index contributed by atoms with van der Waals surface area (Å²) in [6, 6.07) is 5.77. The minimum atomic E-state index is -1.09. The Hall–Kier alpha value is -3.05. The number of hydrogen-bond acceptors (Lipinski definition) is 7. The first-order valence-electron chi connectivity index (χ1n) is 7.61. The Kier molecular flexibility index (Phi) is 4.82. The van der Waals surface area contributed by atoms with Gasteiger partial charge in [0.2, 0.25) is 5.76 Å². The average molecular weight is 372 g/mol. The van der Waals surface area contributed by atoms with Crippen molar-refractivity contribution in [3.63, 3.8) is 0 Å². The average Bonchev–Trinajstić information content (AvgIpc) is 3.17. The van der Waals surface area contributed by atoms with Crippen molar-refractivity contribution in [1.82, 2.24) is 4.98 Å². The van der Waals surface area contributed by atoms with Gasteiger partial charge in [0.1, 0.15) is 16.4 Å². The summed E-state index contributed by atoms with van der Waals surface area (Å²) in [5.41, 5.74) is 1.47. The molecule has 0 bridgehead atoms. The van der Waals surface area contributed by atoms with Crippen molar-refractivity contribution in [2.75, 3.05) is 6.61 Å². The molecule has 8 heteroatoms. The lowest BCUT2D eigenvalue weighted by Crippen LogP contribution is -2.20. The highest BCUT2D eigenvalue weighted by molar-refractivity contribution is 7.09. The van der Waals surface area contributed by atoms with Crippen LogP contribution in [-0.4, -0.2) is 23.3 Å². The molecule has 0 saturated heterocycles. The van der Waals surface area contributed by atoms with Gasteiger partial charge in [0.05, 0.1) is 6.07 Å². The van der Waals surface area contributed by atoms with Crippen LogP contribution in [-0.2, 0) is 9.53 Å². The first-order chi connectivity index (χ1) is 12.4. The molecule has 0 fully saturated rings. The minimum Gasteiger partial charge on any atom is -0.452 e. The van der Waals surface area contributed by atoms with Crippen LogP contribution in [0.15, 0.2) is 28.0 Å². The molecule has 3 rings (SSSR count). The van der Waals surface area contributed by atoms with E-state index in [9.17, 15) is 19.2 Å². The van der Waals surface area contributed by atoms with Gasteiger partial charge in [-0.25, -0.2) is 14.2 Å². The molecule has 0 aliphatic carbocycles. The molecule has 3 aromatic rings. The van der Waals surface area contributed by atoms with Gasteiger partial charge in [0.15, 0.2) is 18.3 Å². The van der Waals surface area contributed by atoms with Crippen molar-refractivity contribution in [3.8, 4) is 6.07 Å². The molecule has 2 heterocycles. The highest BCUT2D eigenvalue weighted by atomic mass is 32.1. The summed E-state index contributed by atoms with van der Waals surface area (Å²) in [4.78, 5) is 28.5. The fourth-order valence-electron chi connectivity index (χ4n) is 2.44. The Bertz CT molecular complexity index is 1050. The number of fused-ring (bicyclic) bond motifs is 1. The molecule has 2 aromatic heterocycles. The van der Waals surface area contributed by atoms with Gasteiger partial charge in [-0.15, -0.1) is 11.3 Å². The minimum absolute atomic E-state index is 0.1000. The maximum Gasteiger partial charge on any atom is 0.374 e. The molecule has 0 N–H and O–H groups in total. The van der Waals surface area contributed by atoms with Crippen molar-refractivity contribution < 1.29 is 23.1 Å². The van der Waals surface area contributed by atoms with Crippen LogP contribution in [0.4, 0.5) is 4.39 Å². The Morgan fingerprint density at radius 3 is 2.85 bits per heavy atom. The number of carbonyl (C=O) groups excluding carboxylic acids is 2. The van der Waals surface area contributed by atoms with E-state index in [-0.39, 0.29) is 5.76 Å². The molecular weight excluding hydrogens is 359 g/mol. The number of rotatable bonds is 5. The lowest BCUT2D eigenvalue weighted by atomic mass is 10.1. The van der Waals surface area contributed by atoms with Gasteiger partial charge >= 0.3 is 5.97 Å². The largest absolute Gasteiger partial charge is 0.452 e. The van der Waals surface area contributed by atoms with Gasteiger partial charge < -0.3 is 9.15 Å². The fourth-order valence-corrected chi connectivity index (χ4v) is 3.30. The molecule has 1 aromatic carbocycles. The molecule has 132 valence electrons. The van der Waals surface area contributed by atoms with E-state index in [1.807, 2.05) is 6.07 Å². The smallest absolute Gasteiger partial charge is 0.374 e. The number of nitrogens with zero attached hydrogens (tertiary/aromatic N) is 2. The quantitative estimate of drug-likeness (QED) is 0.634. The zero-order valence-electron chi connectivity index (χ0n) is 13.9. The molecular formula is C18H13FN2O4S. The number of benzene rings is 1. The predicted octanol–water partition coefficient (Wildman–Crippen LogP) is 3.68. The number of thiazole rings is 1. The van der Waals surface area contributed by atoms with Crippen molar-refractivity contribution in [2.45, 2.75) is 19.8 Å². The van der Waals surface area contributed by atoms with Crippen molar-refractivity contribution in [3.05, 3.63) is 51.4 Å². The molecule has 0 amide bonds. The number of ether oxygens (including phenoxy) is 1. The lowest BCUT2D eigenvalue weighted by molar-refractivity contribution is -0.122. The van der Waals surface area contributed by atoms with E-state index < -0.39 is 30.1 Å². The lowest BCUT2D eigenvalue weighted by Gasteiger charge is -2.06. The third-order valence-electron chi connectivity index (χ3n) is 3.76. The second kappa shape index (κ2) is 7.06. The van der Waals surface area contributed by atoms with Gasteiger partial charge in [-0.1, -0.05) is 0 Å². The maximum atomic E-state index is 13.3. The van der Waals surface area contributed by atoms with E-state index >= 15 is 0 Å². The summed E-state index contributed by atoms with van der Waals surface area (Å²) < 4.78 is 23.7. The maximum absolute atomic E-state index is 13.3. The molecule has 0 aliphatic rings. The molecule has 1 atom stereocenters.